The molecule has 0 saturated carbocycles. The predicted molar refractivity (Wildman–Crippen MR) is 107 cm³/mol. The molecule has 0 spiro atoms. The van der Waals surface area contributed by atoms with E-state index in [9.17, 15) is 4.39 Å². The number of halogens is 2. The van der Waals surface area contributed by atoms with Crippen molar-refractivity contribution in [2.75, 3.05) is 25.0 Å². The van der Waals surface area contributed by atoms with Crippen LogP contribution in [0, 0.1) is 11.7 Å². The molecule has 0 aromatic heterocycles. The maximum atomic E-state index is 14.3. The van der Waals surface area contributed by atoms with Crippen LogP contribution in [0.25, 0.3) is 0 Å². The van der Waals surface area contributed by atoms with Crippen molar-refractivity contribution in [1.29, 1.82) is 0 Å². The Morgan fingerprint density at radius 1 is 1.19 bits per heavy atom. The topological polar surface area (TPSA) is 45.6 Å². The molecule has 1 aliphatic heterocycles. The van der Waals surface area contributed by atoms with Crippen LogP contribution >= 0.6 is 12.4 Å². The van der Waals surface area contributed by atoms with Gasteiger partial charge < -0.3 is 15.4 Å². The lowest BCUT2D eigenvalue weighted by Crippen LogP contribution is -2.26. The molecular weight excluding hydrogens is 353 g/mol. The van der Waals surface area contributed by atoms with E-state index in [0.717, 1.165) is 30.3 Å². The molecule has 0 saturated heterocycles. The number of hydrogen-bond acceptors (Lipinski definition) is 4. The van der Waals surface area contributed by atoms with E-state index in [0.29, 0.717) is 30.3 Å². The highest BCUT2D eigenvalue weighted by molar-refractivity contribution is 5.94. The Balaban J connectivity index is 0.00000243. The van der Waals surface area contributed by atoms with E-state index in [4.69, 9.17) is 4.74 Å². The highest BCUT2D eigenvalue weighted by Gasteiger charge is 2.08. The Kier molecular flexibility index (Phi) is 7.27. The molecule has 2 aromatic rings. The monoisotopic (exact) mass is 377 g/mol. The highest BCUT2D eigenvalue weighted by atomic mass is 35.5. The number of aliphatic imine (C=N–C) groups is 1. The number of nitrogens with zero attached hydrogens (tertiary/aromatic N) is 1. The Hall–Kier alpha value is -2.27. The quantitative estimate of drug-likeness (QED) is 0.791. The van der Waals surface area contributed by atoms with Gasteiger partial charge >= 0.3 is 0 Å². The molecule has 0 atom stereocenters. The number of nitrogens with one attached hydrogen (secondary N) is 2. The molecule has 3 rings (SSSR count). The Bertz CT molecular complexity index is 747. The minimum Gasteiger partial charge on any atom is -0.493 e. The lowest BCUT2D eigenvalue weighted by atomic mass is 10.0. The van der Waals surface area contributed by atoms with Crippen molar-refractivity contribution in [3.8, 4) is 5.75 Å². The summed E-state index contributed by atoms with van der Waals surface area (Å²) < 4.78 is 19.9. The lowest BCUT2D eigenvalue weighted by molar-refractivity contribution is 0.270. The number of benzene rings is 2. The standard InChI is InChI=1S/C20H24FN3O.ClH/c1-14(2)13-25-18-8-5-16(19(21)12-18)11-15-3-6-17(7-4-15)24-20-22-9-10-23-20;/h3-8,12,14H,9-11,13H2,1-2H3,(H2,22,23,24);1H. The minimum atomic E-state index is -0.229. The first-order valence-electron chi connectivity index (χ1n) is 8.65. The highest BCUT2D eigenvalue weighted by Crippen LogP contribution is 2.21. The van der Waals surface area contributed by atoms with Crippen LogP contribution < -0.4 is 15.4 Å². The third-order valence-electron chi connectivity index (χ3n) is 3.89. The van der Waals surface area contributed by atoms with Gasteiger partial charge in [0, 0.05) is 24.7 Å². The molecule has 0 fully saturated rings. The molecule has 140 valence electrons. The molecular formula is C20H25ClFN3O. The molecule has 0 radical (unpaired) electrons. The summed E-state index contributed by atoms with van der Waals surface area (Å²) in [4.78, 5) is 4.30. The van der Waals surface area contributed by atoms with Crippen molar-refractivity contribution in [2.24, 2.45) is 10.9 Å². The van der Waals surface area contributed by atoms with Gasteiger partial charge in [0.25, 0.3) is 0 Å². The van der Waals surface area contributed by atoms with Gasteiger partial charge in [-0.25, -0.2) is 4.39 Å². The summed E-state index contributed by atoms with van der Waals surface area (Å²) >= 11 is 0. The Morgan fingerprint density at radius 3 is 2.58 bits per heavy atom. The zero-order chi connectivity index (χ0) is 17.6. The normalized spacial score (nSPS) is 13.0. The summed E-state index contributed by atoms with van der Waals surface area (Å²) in [5, 5.41) is 6.39. The van der Waals surface area contributed by atoms with Crippen molar-refractivity contribution >= 4 is 24.1 Å². The van der Waals surface area contributed by atoms with Crippen LogP contribution in [0.15, 0.2) is 47.5 Å². The van der Waals surface area contributed by atoms with Crippen LogP contribution in [0.4, 0.5) is 10.1 Å². The van der Waals surface area contributed by atoms with Crippen molar-refractivity contribution in [3.63, 3.8) is 0 Å². The van der Waals surface area contributed by atoms with Gasteiger partial charge in [0.1, 0.15) is 11.6 Å². The van der Waals surface area contributed by atoms with Crippen LogP contribution in [0.1, 0.15) is 25.0 Å². The molecule has 26 heavy (non-hydrogen) atoms. The second-order valence-corrected chi connectivity index (χ2v) is 6.61. The zero-order valence-electron chi connectivity index (χ0n) is 15.1. The first kappa shape index (κ1) is 20.0. The van der Waals surface area contributed by atoms with Crippen molar-refractivity contribution in [1.82, 2.24) is 5.32 Å². The first-order chi connectivity index (χ1) is 12.1. The number of guanidine groups is 1. The van der Waals surface area contributed by atoms with Crippen LogP contribution in [-0.2, 0) is 6.42 Å². The van der Waals surface area contributed by atoms with Crippen LogP contribution in [0.2, 0.25) is 0 Å². The van der Waals surface area contributed by atoms with Gasteiger partial charge in [-0.3, -0.25) is 4.99 Å². The van der Waals surface area contributed by atoms with Crippen LogP contribution in [-0.4, -0.2) is 25.7 Å². The van der Waals surface area contributed by atoms with E-state index in [-0.39, 0.29) is 18.2 Å². The first-order valence-corrected chi connectivity index (χ1v) is 8.65. The summed E-state index contributed by atoms with van der Waals surface area (Å²) in [7, 11) is 0. The van der Waals surface area contributed by atoms with Gasteiger partial charge in [0.2, 0.25) is 0 Å². The number of hydrogen-bond donors (Lipinski definition) is 2. The maximum absolute atomic E-state index is 14.3. The van der Waals surface area contributed by atoms with Crippen molar-refractivity contribution in [2.45, 2.75) is 20.3 Å². The molecule has 0 aliphatic carbocycles. The molecule has 4 nitrogen and oxygen atoms in total. The molecule has 0 unspecified atom stereocenters. The Labute approximate surface area is 160 Å². The minimum absolute atomic E-state index is 0. The van der Waals surface area contributed by atoms with Gasteiger partial charge in [-0.15, -0.1) is 12.4 Å². The molecule has 0 amide bonds. The van der Waals surface area contributed by atoms with Crippen molar-refractivity contribution in [3.05, 3.63) is 59.4 Å². The molecule has 2 aromatic carbocycles. The summed E-state index contributed by atoms with van der Waals surface area (Å²) in [5.74, 6) is 1.57. The van der Waals surface area contributed by atoms with Gasteiger partial charge in [0.05, 0.1) is 13.2 Å². The average Bonchev–Trinajstić information content (AvgIpc) is 3.10. The van der Waals surface area contributed by atoms with E-state index < -0.39 is 0 Å². The van der Waals surface area contributed by atoms with E-state index in [1.807, 2.05) is 30.3 Å². The van der Waals surface area contributed by atoms with E-state index >= 15 is 0 Å². The third kappa shape index (κ3) is 5.63. The predicted octanol–water partition coefficient (Wildman–Crippen LogP) is 4.24. The lowest BCUT2D eigenvalue weighted by Gasteiger charge is -2.11. The molecule has 6 heteroatoms. The van der Waals surface area contributed by atoms with Gasteiger partial charge in [0.15, 0.2) is 5.96 Å². The molecule has 2 N–H and O–H groups in total. The fraction of sp³-hybridized carbons (Fsp3) is 0.350. The van der Waals surface area contributed by atoms with E-state index in [2.05, 4.69) is 29.5 Å². The summed E-state index contributed by atoms with van der Waals surface area (Å²) in [6, 6.07) is 13.1. The fourth-order valence-corrected chi connectivity index (χ4v) is 2.57. The van der Waals surface area contributed by atoms with Gasteiger partial charge in [-0.05, 0) is 35.2 Å². The van der Waals surface area contributed by atoms with Crippen molar-refractivity contribution < 1.29 is 9.13 Å². The fourth-order valence-electron chi connectivity index (χ4n) is 2.57. The summed E-state index contributed by atoms with van der Waals surface area (Å²) in [6.45, 7) is 6.40. The second-order valence-electron chi connectivity index (χ2n) is 6.61. The SMILES string of the molecule is CC(C)COc1ccc(Cc2ccc(NC3=NCCN3)cc2)c(F)c1.Cl. The molecule has 1 aliphatic rings. The summed E-state index contributed by atoms with van der Waals surface area (Å²) in [5.41, 5.74) is 2.69. The smallest absolute Gasteiger partial charge is 0.195 e. The summed E-state index contributed by atoms with van der Waals surface area (Å²) in [6.07, 6.45) is 0.551. The third-order valence-corrected chi connectivity index (χ3v) is 3.89. The van der Waals surface area contributed by atoms with Crippen LogP contribution in [0.3, 0.4) is 0 Å². The number of ether oxygens (including phenoxy) is 1. The molecule has 1 heterocycles. The average molecular weight is 378 g/mol. The largest absolute Gasteiger partial charge is 0.493 e. The number of anilines is 1. The zero-order valence-corrected chi connectivity index (χ0v) is 15.9. The molecule has 0 bridgehead atoms. The number of rotatable bonds is 6. The second kappa shape index (κ2) is 9.43. The van der Waals surface area contributed by atoms with Gasteiger partial charge in [-0.1, -0.05) is 32.0 Å². The Morgan fingerprint density at radius 2 is 1.96 bits per heavy atom. The maximum Gasteiger partial charge on any atom is 0.195 e. The van der Waals surface area contributed by atoms with Crippen LogP contribution in [0.5, 0.6) is 5.75 Å². The van der Waals surface area contributed by atoms with Gasteiger partial charge in [-0.2, -0.15) is 0 Å². The van der Waals surface area contributed by atoms with E-state index in [1.54, 1.807) is 6.07 Å². The van der Waals surface area contributed by atoms with E-state index in [1.165, 1.54) is 6.07 Å².